The van der Waals surface area contributed by atoms with E-state index in [2.05, 4.69) is 0 Å². The minimum atomic E-state index is -4.65. The summed E-state index contributed by atoms with van der Waals surface area (Å²) >= 11 is 0. The molecule has 0 spiro atoms. The van der Waals surface area contributed by atoms with Crippen LogP contribution >= 0.6 is 0 Å². The molecule has 0 fully saturated rings. The van der Waals surface area contributed by atoms with E-state index in [1.165, 1.54) is 0 Å². The third-order valence-corrected chi connectivity index (χ3v) is 2.16. The van der Waals surface area contributed by atoms with Gasteiger partial charge in [0.05, 0.1) is 5.56 Å². The summed E-state index contributed by atoms with van der Waals surface area (Å²) in [5.74, 6) is -0.965. The number of aliphatic hydroxyl groups excluding tert-OH is 1. The summed E-state index contributed by atoms with van der Waals surface area (Å²) in [6.45, 7) is -0.324. The monoisotopic (exact) mass is 237 g/mol. The average molecular weight is 237 g/mol. The van der Waals surface area contributed by atoms with Crippen LogP contribution in [0.15, 0.2) is 18.2 Å². The molecule has 1 aromatic carbocycles. The second-order valence-electron chi connectivity index (χ2n) is 3.35. The number of benzene rings is 1. The zero-order valence-corrected chi connectivity index (χ0v) is 8.26. The molecule has 0 unspecified atom stereocenters. The Balaban J connectivity index is 3.18. The Morgan fingerprint density at radius 2 is 1.94 bits per heavy atom. The van der Waals surface area contributed by atoms with Gasteiger partial charge in [-0.05, 0) is 24.1 Å². The Hall–Kier alpha value is -1.14. The fourth-order valence-electron chi connectivity index (χ4n) is 1.39. The molecule has 0 aliphatic rings. The molecule has 16 heavy (non-hydrogen) atoms. The first-order valence-electron chi connectivity index (χ1n) is 4.59. The number of hydrogen-bond donors (Lipinski definition) is 2. The first-order valence-corrected chi connectivity index (χ1v) is 4.59. The molecular weight excluding hydrogens is 226 g/mol. The third-order valence-electron chi connectivity index (χ3n) is 2.16. The van der Waals surface area contributed by atoms with Crippen molar-refractivity contribution in [2.75, 3.05) is 6.61 Å². The van der Waals surface area contributed by atoms with Gasteiger partial charge in [0.1, 0.15) is 5.82 Å². The summed E-state index contributed by atoms with van der Waals surface area (Å²) in [6.07, 6.45) is -4.65. The normalized spacial score (nSPS) is 13.9. The fourth-order valence-corrected chi connectivity index (χ4v) is 1.39. The van der Waals surface area contributed by atoms with E-state index in [1.807, 2.05) is 0 Å². The van der Waals surface area contributed by atoms with Gasteiger partial charge in [-0.25, -0.2) is 4.39 Å². The SMILES string of the molecule is N[C@H](CCO)c1ccc(F)cc1C(F)(F)F. The number of aliphatic hydroxyl groups is 1. The lowest BCUT2D eigenvalue weighted by Gasteiger charge is -2.17. The van der Waals surface area contributed by atoms with Crippen molar-refractivity contribution in [3.05, 3.63) is 35.1 Å². The quantitative estimate of drug-likeness (QED) is 0.792. The van der Waals surface area contributed by atoms with Crippen LogP contribution < -0.4 is 5.73 Å². The van der Waals surface area contributed by atoms with Crippen molar-refractivity contribution >= 4 is 0 Å². The minimum absolute atomic E-state index is 0.00525. The van der Waals surface area contributed by atoms with Crippen LogP contribution in [0.4, 0.5) is 17.6 Å². The van der Waals surface area contributed by atoms with E-state index in [0.717, 1.165) is 12.1 Å². The molecule has 0 aromatic heterocycles. The molecular formula is C10H11F4NO. The molecule has 0 radical (unpaired) electrons. The van der Waals surface area contributed by atoms with Crippen molar-refractivity contribution in [3.8, 4) is 0 Å². The second-order valence-corrected chi connectivity index (χ2v) is 3.35. The Morgan fingerprint density at radius 3 is 2.44 bits per heavy atom. The zero-order chi connectivity index (χ0) is 12.3. The molecule has 1 aromatic rings. The topological polar surface area (TPSA) is 46.2 Å². The first-order chi connectivity index (χ1) is 7.36. The lowest BCUT2D eigenvalue weighted by atomic mass is 9.98. The average Bonchev–Trinajstić information content (AvgIpc) is 2.16. The summed E-state index contributed by atoms with van der Waals surface area (Å²) in [4.78, 5) is 0. The molecule has 90 valence electrons. The maximum atomic E-state index is 12.7. The van der Waals surface area contributed by atoms with Gasteiger partial charge in [0.25, 0.3) is 0 Å². The van der Waals surface area contributed by atoms with Gasteiger partial charge in [-0.1, -0.05) is 6.07 Å². The van der Waals surface area contributed by atoms with E-state index in [0.29, 0.717) is 6.07 Å². The van der Waals surface area contributed by atoms with Gasteiger partial charge in [0.15, 0.2) is 0 Å². The smallest absolute Gasteiger partial charge is 0.396 e. The van der Waals surface area contributed by atoms with Crippen LogP contribution in [0.1, 0.15) is 23.6 Å². The van der Waals surface area contributed by atoms with Gasteiger partial charge in [0.2, 0.25) is 0 Å². The largest absolute Gasteiger partial charge is 0.416 e. The summed E-state index contributed by atoms with van der Waals surface area (Å²) in [5.41, 5.74) is 4.18. The second kappa shape index (κ2) is 4.80. The van der Waals surface area contributed by atoms with Gasteiger partial charge in [-0.15, -0.1) is 0 Å². The predicted molar refractivity (Wildman–Crippen MR) is 50.0 cm³/mol. The Labute approximate surface area is 89.7 Å². The summed E-state index contributed by atoms with van der Waals surface area (Å²) in [7, 11) is 0. The minimum Gasteiger partial charge on any atom is -0.396 e. The van der Waals surface area contributed by atoms with Gasteiger partial charge < -0.3 is 10.8 Å². The Kier molecular flexibility index (Phi) is 3.88. The highest BCUT2D eigenvalue weighted by molar-refractivity contribution is 5.32. The maximum Gasteiger partial charge on any atom is 0.416 e. The van der Waals surface area contributed by atoms with Crippen LogP contribution in [-0.4, -0.2) is 11.7 Å². The highest BCUT2D eigenvalue weighted by atomic mass is 19.4. The lowest BCUT2D eigenvalue weighted by Crippen LogP contribution is -2.18. The van der Waals surface area contributed by atoms with Crippen LogP contribution in [0.2, 0.25) is 0 Å². The highest BCUT2D eigenvalue weighted by Gasteiger charge is 2.34. The first kappa shape index (κ1) is 12.9. The lowest BCUT2D eigenvalue weighted by molar-refractivity contribution is -0.138. The predicted octanol–water partition coefficient (Wildman–Crippen LogP) is 2.23. The molecule has 1 rings (SSSR count). The molecule has 1 atom stereocenters. The van der Waals surface area contributed by atoms with E-state index in [4.69, 9.17) is 10.8 Å². The van der Waals surface area contributed by atoms with E-state index < -0.39 is 23.6 Å². The van der Waals surface area contributed by atoms with Crippen molar-refractivity contribution in [2.24, 2.45) is 5.73 Å². The third kappa shape index (κ3) is 2.93. The molecule has 6 heteroatoms. The van der Waals surface area contributed by atoms with Crippen LogP contribution in [0, 0.1) is 5.82 Å². The summed E-state index contributed by atoms with van der Waals surface area (Å²) in [6, 6.07) is 1.37. The molecule has 0 bridgehead atoms. The maximum absolute atomic E-state index is 12.7. The van der Waals surface area contributed by atoms with Crippen molar-refractivity contribution in [1.82, 2.24) is 0 Å². The van der Waals surface area contributed by atoms with Gasteiger partial charge in [-0.3, -0.25) is 0 Å². The number of rotatable bonds is 3. The highest BCUT2D eigenvalue weighted by Crippen LogP contribution is 2.35. The van der Waals surface area contributed by atoms with Crippen molar-refractivity contribution in [2.45, 2.75) is 18.6 Å². The standard InChI is InChI=1S/C10H11F4NO/c11-6-1-2-7(9(15)3-4-16)8(5-6)10(12,13)14/h1-2,5,9,16H,3-4,15H2/t9-/m1/s1. The van der Waals surface area contributed by atoms with Gasteiger partial charge in [0, 0.05) is 12.6 Å². The van der Waals surface area contributed by atoms with E-state index >= 15 is 0 Å². The molecule has 0 amide bonds. The van der Waals surface area contributed by atoms with Crippen LogP contribution in [-0.2, 0) is 6.18 Å². The fraction of sp³-hybridized carbons (Fsp3) is 0.400. The van der Waals surface area contributed by atoms with Crippen molar-refractivity contribution < 1.29 is 22.7 Å². The van der Waals surface area contributed by atoms with E-state index in [-0.39, 0.29) is 18.6 Å². The zero-order valence-electron chi connectivity index (χ0n) is 8.26. The number of nitrogens with two attached hydrogens (primary N) is 1. The molecule has 0 aliphatic heterocycles. The van der Waals surface area contributed by atoms with E-state index in [9.17, 15) is 17.6 Å². The summed E-state index contributed by atoms with van der Waals surface area (Å²) < 4.78 is 50.4. The van der Waals surface area contributed by atoms with Gasteiger partial charge in [-0.2, -0.15) is 13.2 Å². The number of halogens is 4. The van der Waals surface area contributed by atoms with Crippen molar-refractivity contribution in [1.29, 1.82) is 0 Å². The number of alkyl halides is 3. The molecule has 0 aliphatic carbocycles. The number of hydrogen-bond acceptors (Lipinski definition) is 2. The Morgan fingerprint density at radius 1 is 1.31 bits per heavy atom. The summed E-state index contributed by atoms with van der Waals surface area (Å²) in [5, 5.41) is 8.61. The van der Waals surface area contributed by atoms with E-state index in [1.54, 1.807) is 0 Å². The molecule has 0 heterocycles. The molecule has 0 saturated heterocycles. The molecule has 0 saturated carbocycles. The van der Waals surface area contributed by atoms with Crippen LogP contribution in [0.25, 0.3) is 0 Å². The van der Waals surface area contributed by atoms with Crippen LogP contribution in [0.3, 0.4) is 0 Å². The Bertz CT molecular complexity index is 364. The van der Waals surface area contributed by atoms with Crippen LogP contribution in [0.5, 0.6) is 0 Å². The molecule has 3 N–H and O–H groups in total. The molecule has 2 nitrogen and oxygen atoms in total. The van der Waals surface area contributed by atoms with Crippen molar-refractivity contribution in [3.63, 3.8) is 0 Å². The van der Waals surface area contributed by atoms with Gasteiger partial charge >= 0.3 is 6.18 Å².